The number of hydrogen-bond acceptors (Lipinski definition) is 11. The molecule has 1 unspecified atom stereocenters. The molecule has 0 bridgehead atoms. The number of nitrogens with one attached hydrogen (secondary N) is 1. The Hall–Kier alpha value is -5.09. The van der Waals surface area contributed by atoms with Gasteiger partial charge in [-0.2, -0.15) is 4.31 Å². The molecule has 1 aliphatic heterocycles. The molecular weight excluding hydrogens is 704 g/mol. The fourth-order valence-corrected chi connectivity index (χ4v) is 6.94. The number of carbonyl (C=O) groups is 3. The molecule has 0 aromatic heterocycles. The minimum absolute atomic E-state index is 0.00484. The number of halogens is 1. The van der Waals surface area contributed by atoms with Gasteiger partial charge in [0.05, 0.1) is 46.9 Å². The Kier molecular flexibility index (Phi) is 12.4. The molecule has 0 fully saturated rings. The molecule has 3 aromatic carbocycles. The quantitative estimate of drug-likeness (QED) is 0.0557. The number of carbonyl (C=O) groups excluding carboxylic acids is 3. The second-order valence-electron chi connectivity index (χ2n) is 12.5. The van der Waals surface area contributed by atoms with Crippen molar-refractivity contribution >= 4 is 45.3 Å². The maximum atomic E-state index is 14.2. The Morgan fingerprint density at radius 2 is 1.75 bits per heavy atom. The van der Waals surface area contributed by atoms with E-state index in [9.17, 15) is 28.0 Å². The molecule has 1 heterocycles. The molecule has 1 N–H and O–H groups in total. The Balaban J connectivity index is 1.58. The number of amides is 2. The summed E-state index contributed by atoms with van der Waals surface area (Å²) in [5.74, 6) is -1.45. The van der Waals surface area contributed by atoms with Gasteiger partial charge in [-0.15, -0.1) is 5.01 Å². The normalized spacial score (nSPS) is 14.4. The lowest BCUT2D eigenvalue weighted by atomic mass is 10.1. The molecule has 0 radical (unpaired) electrons. The molecule has 51 heavy (non-hydrogen) atoms. The van der Waals surface area contributed by atoms with E-state index in [1.807, 2.05) is 31.2 Å². The fourth-order valence-electron chi connectivity index (χ4n) is 5.15. The van der Waals surface area contributed by atoms with Gasteiger partial charge in [-0.25, -0.2) is 18.0 Å². The molecular formula is C34H41ClN6O9S. The summed E-state index contributed by atoms with van der Waals surface area (Å²) in [7, 11) is -4.77. The van der Waals surface area contributed by atoms with E-state index in [-0.39, 0.29) is 32.7 Å². The summed E-state index contributed by atoms with van der Waals surface area (Å²) in [5, 5.41) is 18.0. The minimum Gasteiger partial charge on any atom is -0.569 e. The largest absolute Gasteiger partial charge is 0.569 e. The lowest BCUT2D eigenvalue weighted by Crippen LogP contribution is -2.45. The van der Waals surface area contributed by atoms with Gasteiger partial charge >= 0.3 is 12.1 Å². The smallest absolute Gasteiger partial charge is 0.424 e. The van der Waals surface area contributed by atoms with Gasteiger partial charge in [-0.05, 0) is 95.5 Å². The first-order valence-electron chi connectivity index (χ1n) is 16.1. The van der Waals surface area contributed by atoms with E-state index in [1.54, 1.807) is 39.6 Å². The lowest BCUT2D eigenvalue weighted by molar-refractivity contribution is -0.710. The maximum absolute atomic E-state index is 14.2. The van der Waals surface area contributed by atoms with E-state index < -0.39 is 51.8 Å². The van der Waals surface area contributed by atoms with Crippen LogP contribution in [0.3, 0.4) is 0 Å². The van der Waals surface area contributed by atoms with Crippen LogP contribution in [0.25, 0.3) is 0 Å². The summed E-state index contributed by atoms with van der Waals surface area (Å²) in [5.41, 5.74) is 3.83. The van der Waals surface area contributed by atoms with Gasteiger partial charge in [0.1, 0.15) is 10.5 Å². The molecule has 4 rings (SSSR count). The summed E-state index contributed by atoms with van der Waals surface area (Å²) < 4.78 is 39.4. The molecule has 0 saturated carbocycles. The number of anilines is 1. The van der Waals surface area contributed by atoms with Crippen molar-refractivity contribution < 1.29 is 42.1 Å². The number of benzene rings is 3. The van der Waals surface area contributed by atoms with Gasteiger partial charge < -0.3 is 19.5 Å². The van der Waals surface area contributed by atoms with E-state index in [0.29, 0.717) is 23.8 Å². The standard InChI is InChI=1S/C34H41ClN6O9S/c1-7-38(8-2)41(45)37-49-22-48-32(43)27-14-11-12-24(19-27)21-39(33(44)50-34(4,5)6)51(46,47)30-20-26(16-17-28(30)35)31(42)36-40-23(3)18-25-13-9-10-15-29(25)40/h9-17,19-20,23H,7-8,18,21-22H2,1-6H3,(H,36,42). The zero-order valence-electron chi connectivity index (χ0n) is 29.2. The van der Waals surface area contributed by atoms with Crippen LogP contribution in [0.2, 0.25) is 5.02 Å². The first-order chi connectivity index (χ1) is 24.0. The molecule has 0 spiro atoms. The molecule has 0 aliphatic carbocycles. The van der Waals surface area contributed by atoms with Crippen molar-refractivity contribution in [2.24, 2.45) is 5.28 Å². The second-order valence-corrected chi connectivity index (χ2v) is 14.7. The zero-order chi connectivity index (χ0) is 37.5. The Morgan fingerprint density at radius 3 is 2.43 bits per heavy atom. The van der Waals surface area contributed by atoms with Gasteiger partial charge in [-0.1, -0.05) is 41.9 Å². The lowest BCUT2D eigenvalue weighted by Gasteiger charge is -2.28. The van der Waals surface area contributed by atoms with Gasteiger partial charge in [-0.3, -0.25) is 15.2 Å². The monoisotopic (exact) mass is 744 g/mol. The SMILES string of the molecule is CCN(CC)[N+]([O-])=NOCOC(=O)c1cccc(CN(C(=O)OC(C)(C)C)S(=O)(=O)c2cc(C(=O)NN3c4ccccc4CC3C)ccc2Cl)c1. The number of ether oxygens (including phenoxy) is 2. The van der Waals surface area contributed by atoms with Crippen LogP contribution in [0.15, 0.2) is 76.9 Å². The Bertz CT molecular complexity index is 1900. The van der Waals surface area contributed by atoms with E-state index in [1.165, 1.54) is 41.4 Å². The summed E-state index contributed by atoms with van der Waals surface area (Å²) in [4.78, 5) is 44.2. The number of fused-ring (bicyclic) bond motifs is 1. The molecule has 17 heteroatoms. The summed E-state index contributed by atoms with van der Waals surface area (Å²) in [6.07, 6.45) is -0.504. The number of rotatable bonds is 13. The number of sulfonamides is 1. The topological polar surface area (TPSA) is 173 Å². The van der Waals surface area contributed by atoms with Crippen LogP contribution in [-0.2, 0) is 37.3 Å². The van der Waals surface area contributed by atoms with Crippen LogP contribution in [-0.4, -0.2) is 72.2 Å². The number of hydrazine groups is 2. The van der Waals surface area contributed by atoms with Crippen molar-refractivity contribution in [1.29, 1.82) is 0 Å². The van der Waals surface area contributed by atoms with Crippen molar-refractivity contribution in [3.05, 3.63) is 99.2 Å². The first-order valence-corrected chi connectivity index (χ1v) is 17.9. The van der Waals surface area contributed by atoms with Crippen molar-refractivity contribution in [1.82, 2.24) is 14.7 Å². The highest BCUT2D eigenvalue weighted by Gasteiger charge is 2.36. The highest BCUT2D eigenvalue weighted by atomic mass is 35.5. The molecule has 0 saturated heterocycles. The Morgan fingerprint density at radius 1 is 1.04 bits per heavy atom. The summed E-state index contributed by atoms with van der Waals surface area (Å²) in [6.45, 7) is 9.70. The van der Waals surface area contributed by atoms with Crippen LogP contribution in [0.5, 0.6) is 0 Å². The predicted molar refractivity (Wildman–Crippen MR) is 187 cm³/mol. The van der Waals surface area contributed by atoms with Crippen molar-refractivity contribution in [2.75, 3.05) is 24.9 Å². The Labute approximate surface area is 301 Å². The third kappa shape index (κ3) is 9.58. The van der Waals surface area contributed by atoms with Crippen molar-refractivity contribution in [3.8, 4) is 0 Å². The van der Waals surface area contributed by atoms with Crippen molar-refractivity contribution in [2.45, 2.75) is 71.0 Å². The van der Waals surface area contributed by atoms with Gasteiger partial charge in [0.2, 0.25) is 5.28 Å². The molecule has 15 nitrogen and oxygen atoms in total. The molecule has 2 amide bonds. The van der Waals surface area contributed by atoms with E-state index in [0.717, 1.165) is 17.3 Å². The molecule has 1 atom stereocenters. The van der Waals surface area contributed by atoms with Gasteiger partial charge in [0.25, 0.3) is 22.7 Å². The average Bonchev–Trinajstić information content (AvgIpc) is 3.39. The van der Waals surface area contributed by atoms with E-state index >= 15 is 0 Å². The third-order valence-corrected chi connectivity index (χ3v) is 9.81. The highest BCUT2D eigenvalue weighted by molar-refractivity contribution is 7.89. The summed E-state index contributed by atoms with van der Waals surface area (Å²) in [6, 6.07) is 17.0. The second kappa shape index (κ2) is 16.3. The van der Waals surface area contributed by atoms with Crippen LogP contribution >= 0.6 is 11.6 Å². The number of esters is 1. The third-order valence-electron chi connectivity index (χ3n) is 7.62. The maximum Gasteiger partial charge on any atom is 0.424 e. The molecule has 1 aliphatic rings. The van der Waals surface area contributed by atoms with Crippen LogP contribution in [0.1, 0.15) is 73.4 Å². The van der Waals surface area contributed by atoms with Gasteiger partial charge in [0, 0.05) is 5.56 Å². The first kappa shape index (κ1) is 38.7. The number of hydrogen-bond donors (Lipinski definition) is 1. The number of para-hydroxylation sites is 1. The van der Waals surface area contributed by atoms with Crippen molar-refractivity contribution in [3.63, 3.8) is 0 Å². The van der Waals surface area contributed by atoms with Gasteiger partial charge in [0.15, 0.2) is 0 Å². The van der Waals surface area contributed by atoms with Crippen LogP contribution in [0.4, 0.5) is 10.5 Å². The highest BCUT2D eigenvalue weighted by Crippen LogP contribution is 2.32. The minimum atomic E-state index is -4.77. The molecule has 274 valence electrons. The van der Waals surface area contributed by atoms with E-state index in [2.05, 4.69) is 10.7 Å². The zero-order valence-corrected chi connectivity index (χ0v) is 30.7. The molecule has 3 aromatic rings. The van der Waals surface area contributed by atoms with Crippen LogP contribution in [0, 0.1) is 5.21 Å². The summed E-state index contributed by atoms with van der Waals surface area (Å²) >= 11 is 6.41. The number of nitrogens with zero attached hydrogens (tertiary/aromatic N) is 5. The predicted octanol–water partition coefficient (Wildman–Crippen LogP) is 5.83. The van der Waals surface area contributed by atoms with E-state index in [4.69, 9.17) is 25.9 Å². The fraction of sp³-hybridized carbons (Fsp3) is 0.382. The average molecular weight is 745 g/mol. The van der Waals surface area contributed by atoms with Crippen LogP contribution < -0.4 is 10.4 Å².